The van der Waals surface area contributed by atoms with Crippen molar-refractivity contribution in [3.8, 4) is 11.5 Å². The third-order valence-electron chi connectivity index (χ3n) is 3.79. The average molecular weight is 295 g/mol. The van der Waals surface area contributed by atoms with E-state index in [1.165, 1.54) is 14.2 Å². The fourth-order valence-electron chi connectivity index (χ4n) is 2.55. The summed E-state index contributed by atoms with van der Waals surface area (Å²) in [4.78, 5) is 12.3. The third-order valence-corrected chi connectivity index (χ3v) is 3.79. The number of hydrogen-bond donors (Lipinski definition) is 2. The van der Waals surface area contributed by atoms with Crippen LogP contribution in [-0.2, 0) is 4.74 Å². The second-order valence-electron chi connectivity index (χ2n) is 5.02. The van der Waals surface area contributed by atoms with Crippen LogP contribution in [0.3, 0.4) is 0 Å². The Kier molecular flexibility index (Phi) is 5.03. The number of hydrogen-bond acceptors (Lipinski definition) is 5. The molecule has 0 saturated heterocycles. The fraction of sp³-hybridized carbons (Fsp3) is 0.533. The van der Waals surface area contributed by atoms with Gasteiger partial charge in [0.05, 0.1) is 26.4 Å². The molecule has 21 heavy (non-hydrogen) atoms. The van der Waals surface area contributed by atoms with E-state index in [4.69, 9.17) is 14.2 Å². The van der Waals surface area contributed by atoms with E-state index < -0.39 is 6.10 Å². The minimum atomic E-state index is -0.688. The topological polar surface area (TPSA) is 77.0 Å². The smallest absolute Gasteiger partial charge is 0.251 e. The predicted octanol–water partition coefficient (Wildman–Crippen LogP) is 0.972. The molecule has 6 heteroatoms. The van der Waals surface area contributed by atoms with Crippen molar-refractivity contribution in [2.45, 2.75) is 31.1 Å². The number of aliphatic hydroxyl groups is 1. The molecule has 1 aromatic carbocycles. The summed E-state index contributed by atoms with van der Waals surface area (Å²) < 4.78 is 15.5. The standard InChI is InChI=1S/C15H21NO5/c1-19-10-6-9(7-11(8-10)20-2)15(18)16-12-4-5-13(21-3)14(12)17/h6-8,12-14,17H,4-5H2,1-3H3,(H,16,18)/t12-,13-,14-/m1/s1. The van der Waals surface area contributed by atoms with Gasteiger partial charge in [-0.2, -0.15) is 0 Å². The number of carbonyl (C=O) groups is 1. The highest BCUT2D eigenvalue weighted by atomic mass is 16.5. The van der Waals surface area contributed by atoms with Crippen LogP contribution in [0.2, 0.25) is 0 Å². The first kappa shape index (κ1) is 15.6. The minimum Gasteiger partial charge on any atom is -0.497 e. The van der Waals surface area contributed by atoms with E-state index in [0.29, 0.717) is 23.5 Å². The molecule has 1 aromatic rings. The fourth-order valence-corrected chi connectivity index (χ4v) is 2.55. The van der Waals surface area contributed by atoms with Crippen LogP contribution in [0.5, 0.6) is 11.5 Å². The van der Waals surface area contributed by atoms with Gasteiger partial charge in [0.15, 0.2) is 0 Å². The van der Waals surface area contributed by atoms with Gasteiger partial charge in [0.25, 0.3) is 5.91 Å². The van der Waals surface area contributed by atoms with E-state index in [9.17, 15) is 9.90 Å². The maximum atomic E-state index is 12.3. The van der Waals surface area contributed by atoms with Crippen LogP contribution >= 0.6 is 0 Å². The van der Waals surface area contributed by atoms with Gasteiger partial charge in [0, 0.05) is 18.7 Å². The lowest BCUT2D eigenvalue weighted by molar-refractivity contribution is 0.000206. The van der Waals surface area contributed by atoms with E-state index in [0.717, 1.165) is 6.42 Å². The Morgan fingerprint density at radius 2 is 1.76 bits per heavy atom. The Bertz CT molecular complexity index is 483. The molecular formula is C15H21NO5. The monoisotopic (exact) mass is 295 g/mol. The number of carbonyl (C=O) groups excluding carboxylic acids is 1. The Morgan fingerprint density at radius 1 is 1.14 bits per heavy atom. The summed E-state index contributed by atoms with van der Waals surface area (Å²) in [6, 6.07) is 4.65. The summed E-state index contributed by atoms with van der Waals surface area (Å²) >= 11 is 0. The number of benzene rings is 1. The van der Waals surface area contributed by atoms with Crippen LogP contribution in [0.25, 0.3) is 0 Å². The van der Waals surface area contributed by atoms with E-state index in [-0.39, 0.29) is 18.1 Å². The zero-order chi connectivity index (χ0) is 15.4. The highest BCUT2D eigenvalue weighted by Gasteiger charge is 2.35. The van der Waals surface area contributed by atoms with Gasteiger partial charge in [-0.3, -0.25) is 4.79 Å². The van der Waals surface area contributed by atoms with Gasteiger partial charge in [0.1, 0.15) is 17.6 Å². The summed E-state index contributed by atoms with van der Waals surface area (Å²) in [5.41, 5.74) is 0.430. The predicted molar refractivity (Wildman–Crippen MR) is 76.8 cm³/mol. The van der Waals surface area contributed by atoms with Crippen molar-refractivity contribution in [1.29, 1.82) is 0 Å². The second kappa shape index (κ2) is 6.78. The lowest BCUT2D eigenvalue weighted by atomic mass is 10.1. The molecule has 0 aliphatic heterocycles. The van der Waals surface area contributed by atoms with Gasteiger partial charge in [-0.25, -0.2) is 0 Å². The van der Waals surface area contributed by atoms with Gasteiger partial charge in [0.2, 0.25) is 0 Å². The first-order valence-electron chi connectivity index (χ1n) is 6.83. The number of aliphatic hydroxyl groups excluding tert-OH is 1. The molecule has 0 unspecified atom stereocenters. The molecule has 1 aliphatic carbocycles. The Hall–Kier alpha value is -1.79. The molecule has 6 nitrogen and oxygen atoms in total. The van der Waals surface area contributed by atoms with Crippen molar-refractivity contribution in [1.82, 2.24) is 5.32 Å². The van der Waals surface area contributed by atoms with Crippen molar-refractivity contribution >= 4 is 5.91 Å². The summed E-state index contributed by atoms with van der Waals surface area (Å²) in [6.07, 6.45) is 0.498. The van der Waals surface area contributed by atoms with Crippen LogP contribution in [0, 0.1) is 0 Å². The SMILES string of the molecule is COc1cc(OC)cc(C(=O)N[C@@H]2CC[C@@H](OC)[C@@H]2O)c1. The van der Waals surface area contributed by atoms with E-state index in [2.05, 4.69) is 5.32 Å². The summed E-state index contributed by atoms with van der Waals surface area (Å²) in [7, 11) is 4.62. The highest BCUT2D eigenvalue weighted by Crippen LogP contribution is 2.25. The van der Waals surface area contributed by atoms with Gasteiger partial charge in [-0.15, -0.1) is 0 Å². The van der Waals surface area contributed by atoms with Crippen molar-refractivity contribution in [3.05, 3.63) is 23.8 Å². The van der Waals surface area contributed by atoms with Gasteiger partial charge in [-0.1, -0.05) is 0 Å². The lowest BCUT2D eigenvalue weighted by Gasteiger charge is -2.20. The quantitative estimate of drug-likeness (QED) is 0.846. The molecule has 0 aromatic heterocycles. The van der Waals surface area contributed by atoms with Crippen LogP contribution in [0.15, 0.2) is 18.2 Å². The normalized spacial score (nSPS) is 24.7. The van der Waals surface area contributed by atoms with E-state index in [1.807, 2.05) is 0 Å². The van der Waals surface area contributed by atoms with Gasteiger partial charge < -0.3 is 24.6 Å². The van der Waals surface area contributed by atoms with Crippen molar-refractivity contribution in [2.24, 2.45) is 0 Å². The van der Waals surface area contributed by atoms with Crippen LogP contribution in [0.4, 0.5) is 0 Å². The number of nitrogens with one attached hydrogen (secondary N) is 1. The molecule has 0 heterocycles. The summed E-state index contributed by atoms with van der Waals surface area (Å²) in [5, 5.41) is 12.9. The second-order valence-corrected chi connectivity index (χ2v) is 5.02. The number of rotatable bonds is 5. The third kappa shape index (κ3) is 3.46. The van der Waals surface area contributed by atoms with Crippen molar-refractivity contribution in [2.75, 3.05) is 21.3 Å². The number of methoxy groups -OCH3 is 3. The molecule has 1 saturated carbocycles. The molecule has 3 atom stereocenters. The lowest BCUT2D eigenvalue weighted by Crippen LogP contribution is -2.43. The van der Waals surface area contributed by atoms with Crippen LogP contribution < -0.4 is 14.8 Å². The molecule has 1 fully saturated rings. The largest absolute Gasteiger partial charge is 0.497 e. The first-order chi connectivity index (χ1) is 10.1. The number of amides is 1. The molecular weight excluding hydrogens is 274 g/mol. The molecule has 0 spiro atoms. The Morgan fingerprint density at radius 3 is 2.24 bits per heavy atom. The van der Waals surface area contributed by atoms with Crippen molar-refractivity contribution in [3.63, 3.8) is 0 Å². The summed E-state index contributed by atoms with van der Waals surface area (Å²) in [5.74, 6) is 0.815. The molecule has 0 radical (unpaired) electrons. The average Bonchev–Trinajstić information content (AvgIpc) is 2.86. The molecule has 0 bridgehead atoms. The van der Waals surface area contributed by atoms with Gasteiger partial charge in [-0.05, 0) is 25.0 Å². The Labute approximate surface area is 124 Å². The molecule has 2 N–H and O–H groups in total. The molecule has 1 amide bonds. The van der Waals surface area contributed by atoms with Crippen LogP contribution in [0.1, 0.15) is 23.2 Å². The molecule has 2 rings (SSSR count). The maximum absolute atomic E-state index is 12.3. The van der Waals surface area contributed by atoms with Gasteiger partial charge >= 0.3 is 0 Å². The molecule has 116 valence electrons. The number of ether oxygens (including phenoxy) is 3. The molecule has 1 aliphatic rings. The van der Waals surface area contributed by atoms with Crippen molar-refractivity contribution < 1.29 is 24.1 Å². The zero-order valence-electron chi connectivity index (χ0n) is 12.5. The highest BCUT2D eigenvalue weighted by molar-refractivity contribution is 5.95. The van der Waals surface area contributed by atoms with Crippen LogP contribution in [-0.4, -0.2) is 50.6 Å². The first-order valence-corrected chi connectivity index (χ1v) is 6.83. The minimum absolute atomic E-state index is 0.227. The summed E-state index contributed by atoms with van der Waals surface area (Å²) in [6.45, 7) is 0. The van der Waals surface area contributed by atoms with E-state index in [1.54, 1.807) is 25.3 Å². The Balaban J connectivity index is 2.10. The maximum Gasteiger partial charge on any atom is 0.251 e. The zero-order valence-corrected chi connectivity index (χ0v) is 12.5. The van der Waals surface area contributed by atoms with E-state index >= 15 is 0 Å².